The summed E-state index contributed by atoms with van der Waals surface area (Å²) in [5.74, 6) is 1.78. The zero-order valence-corrected chi connectivity index (χ0v) is 15.1. The van der Waals surface area contributed by atoms with Gasteiger partial charge in [0.15, 0.2) is 0 Å². The van der Waals surface area contributed by atoms with Crippen LogP contribution < -0.4 is 4.74 Å². The number of unbranched alkanes of at least 4 members (excludes halogenated alkanes) is 2. The zero-order valence-electron chi connectivity index (χ0n) is 14.3. The molecule has 0 heterocycles. The number of hydrogen-bond donors (Lipinski definition) is 0. The molecular formula is C19H29ClO2. The van der Waals surface area contributed by atoms with E-state index in [0.717, 1.165) is 42.0 Å². The second-order valence-corrected chi connectivity index (χ2v) is 6.99. The molecule has 0 aliphatic carbocycles. The van der Waals surface area contributed by atoms with Crippen molar-refractivity contribution in [1.82, 2.24) is 0 Å². The van der Waals surface area contributed by atoms with Crippen LogP contribution in [0.5, 0.6) is 5.75 Å². The average molecular weight is 325 g/mol. The molecule has 1 aromatic carbocycles. The van der Waals surface area contributed by atoms with Gasteiger partial charge in [-0.3, -0.25) is 4.79 Å². The molecule has 22 heavy (non-hydrogen) atoms. The van der Waals surface area contributed by atoms with Gasteiger partial charge in [-0.1, -0.05) is 57.8 Å². The highest BCUT2D eigenvalue weighted by atomic mass is 35.5. The van der Waals surface area contributed by atoms with E-state index in [1.165, 1.54) is 0 Å². The molecule has 0 saturated carbocycles. The number of carbonyl (C=O) groups is 1. The minimum atomic E-state index is 0.157. The number of ketones is 1. The fraction of sp³-hybridized carbons (Fsp3) is 0.632. The summed E-state index contributed by atoms with van der Waals surface area (Å²) in [7, 11) is 0. The number of benzene rings is 1. The third kappa shape index (κ3) is 6.83. The summed E-state index contributed by atoms with van der Waals surface area (Å²) in [4.78, 5) is 11.6. The second kappa shape index (κ2) is 9.89. The van der Waals surface area contributed by atoms with Gasteiger partial charge in [0.25, 0.3) is 0 Å². The van der Waals surface area contributed by atoms with Gasteiger partial charge in [-0.25, -0.2) is 0 Å². The van der Waals surface area contributed by atoms with E-state index in [4.69, 9.17) is 16.3 Å². The van der Waals surface area contributed by atoms with Gasteiger partial charge < -0.3 is 4.74 Å². The molecule has 0 amide bonds. The predicted octanol–water partition coefficient (Wildman–Crippen LogP) is 5.70. The molecule has 1 aromatic rings. The van der Waals surface area contributed by atoms with Crippen LogP contribution in [0.25, 0.3) is 0 Å². The summed E-state index contributed by atoms with van der Waals surface area (Å²) >= 11 is 6.42. The van der Waals surface area contributed by atoms with E-state index in [1.54, 1.807) is 0 Å². The lowest BCUT2D eigenvalue weighted by atomic mass is 10.0. The lowest BCUT2D eigenvalue weighted by Gasteiger charge is -2.13. The first-order valence-corrected chi connectivity index (χ1v) is 8.72. The zero-order chi connectivity index (χ0) is 16.5. The molecule has 2 nitrogen and oxygen atoms in total. The van der Waals surface area contributed by atoms with Crippen LogP contribution in [0.15, 0.2) is 18.2 Å². The van der Waals surface area contributed by atoms with Crippen LogP contribution >= 0.6 is 11.6 Å². The molecule has 124 valence electrons. The molecule has 0 aliphatic rings. The van der Waals surface area contributed by atoms with E-state index >= 15 is 0 Å². The van der Waals surface area contributed by atoms with E-state index < -0.39 is 0 Å². The van der Waals surface area contributed by atoms with Crippen LogP contribution in [-0.2, 0) is 11.2 Å². The van der Waals surface area contributed by atoms with Gasteiger partial charge in [0.05, 0.1) is 11.6 Å². The van der Waals surface area contributed by atoms with Gasteiger partial charge in [-0.05, 0) is 36.8 Å². The van der Waals surface area contributed by atoms with Crippen molar-refractivity contribution in [3.63, 3.8) is 0 Å². The van der Waals surface area contributed by atoms with Gasteiger partial charge in [0, 0.05) is 12.3 Å². The van der Waals surface area contributed by atoms with Crippen LogP contribution in [0.4, 0.5) is 0 Å². The maximum atomic E-state index is 11.6. The van der Waals surface area contributed by atoms with Gasteiger partial charge in [0.1, 0.15) is 11.5 Å². The number of Topliss-reactive ketones (excluding diaryl/α,β-unsaturated/α-hetero) is 1. The second-order valence-electron chi connectivity index (χ2n) is 6.62. The average Bonchev–Trinajstić information content (AvgIpc) is 2.46. The van der Waals surface area contributed by atoms with Crippen molar-refractivity contribution in [3.05, 3.63) is 28.8 Å². The van der Waals surface area contributed by atoms with Crippen LogP contribution in [-0.4, -0.2) is 12.4 Å². The van der Waals surface area contributed by atoms with E-state index in [2.05, 4.69) is 19.9 Å². The van der Waals surface area contributed by atoms with E-state index in [9.17, 15) is 4.79 Å². The van der Waals surface area contributed by atoms with Gasteiger partial charge in [-0.2, -0.15) is 0 Å². The fourth-order valence-electron chi connectivity index (χ4n) is 2.20. The van der Waals surface area contributed by atoms with Crippen LogP contribution in [0.1, 0.15) is 58.9 Å². The Hall–Kier alpha value is -1.02. The number of rotatable bonds is 10. The van der Waals surface area contributed by atoms with Crippen molar-refractivity contribution in [2.75, 3.05) is 6.61 Å². The molecule has 0 unspecified atom stereocenters. The molecule has 0 atom stereocenters. The minimum Gasteiger partial charge on any atom is -0.492 e. The van der Waals surface area contributed by atoms with Crippen LogP contribution in [0.3, 0.4) is 0 Å². The smallest absolute Gasteiger partial charge is 0.138 e. The first-order chi connectivity index (χ1) is 10.4. The molecule has 0 bridgehead atoms. The normalized spacial score (nSPS) is 11.2. The van der Waals surface area contributed by atoms with Crippen molar-refractivity contribution < 1.29 is 9.53 Å². The molecule has 3 heteroatoms. The molecule has 0 aliphatic heterocycles. The van der Waals surface area contributed by atoms with Crippen molar-refractivity contribution in [2.24, 2.45) is 11.8 Å². The van der Waals surface area contributed by atoms with Gasteiger partial charge in [-0.15, -0.1) is 0 Å². The Balaban J connectivity index is 2.39. The van der Waals surface area contributed by atoms with Crippen molar-refractivity contribution in [1.29, 1.82) is 0 Å². The summed E-state index contributed by atoms with van der Waals surface area (Å²) in [6, 6.07) is 5.98. The Kier molecular flexibility index (Phi) is 8.55. The number of aryl methyl sites for hydroxylation is 1. The monoisotopic (exact) mass is 324 g/mol. The van der Waals surface area contributed by atoms with Crippen molar-refractivity contribution in [2.45, 2.75) is 59.8 Å². The van der Waals surface area contributed by atoms with E-state index in [1.807, 2.05) is 26.0 Å². The number of carbonyl (C=O) groups excluding carboxylic acids is 1. The highest BCUT2D eigenvalue weighted by Gasteiger charge is 2.09. The van der Waals surface area contributed by atoms with Crippen molar-refractivity contribution in [3.8, 4) is 5.75 Å². The molecule has 0 radical (unpaired) electrons. The minimum absolute atomic E-state index is 0.157. The Bertz CT molecular complexity index is 467. The number of hydrogen-bond acceptors (Lipinski definition) is 2. The molecular weight excluding hydrogens is 296 g/mol. The van der Waals surface area contributed by atoms with Crippen molar-refractivity contribution >= 4 is 17.4 Å². The molecule has 0 fully saturated rings. The quantitative estimate of drug-likeness (QED) is 0.516. The third-order valence-corrected chi connectivity index (χ3v) is 4.06. The van der Waals surface area contributed by atoms with Crippen LogP contribution in [0, 0.1) is 11.8 Å². The molecule has 0 N–H and O–H groups in total. The first-order valence-electron chi connectivity index (χ1n) is 8.34. The summed E-state index contributed by atoms with van der Waals surface area (Å²) in [5.41, 5.74) is 1.14. The standard InChI is InChI=1S/C19H29ClO2/c1-14(2)13-22-18-12-8-10-16(19(18)20)9-6-5-7-11-17(21)15(3)4/h8,10,12,14-15H,5-7,9,11,13H2,1-4H3. The lowest BCUT2D eigenvalue weighted by Crippen LogP contribution is -2.06. The maximum Gasteiger partial charge on any atom is 0.138 e. The molecule has 1 rings (SSSR count). The molecule has 0 aromatic heterocycles. The maximum absolute atomic E-state index is 11.6. The lowest BCUT2D eigenvalue weighted by molar-refractivity contribution is -0.122. The Morgan fingerprint density at radius 3 is 2.50 bits per heavy atom. The highest BCUT2D eigenvalue weighted by Crippen LogP contribution is 2.29. The van der Waals surface area contributed by atoms with Crippen LogP contribution in [0.2, 0.25) is 5.02 Å². The Morgan fingerprint density at radius 1 is 1.14 bits per heavy atom. The largest absolute Gasteiger partial charge is 0.492 e. The highest BCUT2D eigenvalue weighted by molar-refractivity contribution is 6.32. The van der Waals surface area contributed by atoms with E-state index in [-0.39, 0.29) is 5.92 Å². The summed E-state index contributed by atoms with van der Waals surface area (Å²) in [6.45, 7) is 8.85. The first kappa shape index (κ1) is 19.0. The van der Waals surface area contributed by atoms with Gasteiger partial charge >= 0.3 is 0 Å². The number of halogens is 1. The summed E-state index contributed by atoms with van der Waals surface area (Å²) in [6.07, 6.45) is 4.72. The Morgan fingerprint density at radius 2 is 1.86 bits per heavy atom. The molecule has 0 saturated heterocycles. The summed E-state index contributed by atoms with van der Waals surface area (Å²) in [5, 5.41) is 0.737. The predicted molar refractivity (Wildman–Crippen MR) is 93.8 cm³/mol. The molecule has 0 spiro atoms. The summed E-state index contributed by atoms with van der Waals surface area (Å²) < 4.78 is 5.75. The Labute approximate surface area is 140 Å². The third-order valence-electron chi connectivity index (χ3n) is 3.63. The fourth-order valence-corrected chi connectivity index (χ4v) is 2.47. The van der Waals surface area contributed by atoms with E-state index in [0.29, 0.717) is 24.7 Å². The van der Waals surface area contributed by atoms with Gasteiger partial charge in [0.2, 0.25) is 0 Å². The number of ether oxygens (including phenoxy) is 1. The topological polar surface area (TPSA) is 26.3 Å². The SMILES string of the molecule is CC(C)COc1cccc(CCCCCC(=O)C(C)C)c1Cl.